The highest BCUT2D eigenvalue weighted by molar-refractivity contribution is 5.95. The van der Waals surface area contributed by atoms with E-state index in [1.165, 1.54) is 6.33 Å². The lowest BCUT2D eigenvalue weighted by Gasteiger charge is -2.58. The second-order valence-corrected chi connectivity index (χ2v) is 10.0. The van der Waals surface area contributed by atoms with Crippen LogP contribution in [-0.4, -0.2) is 81.6 Å². The fraction of sp³-hybridized carbons (Fsp3) is 0.609. The second-order valence-electron chi connectivity index (χ2n) is 10.0. The summed E-state index contributed by atoms with van der Waals surface area (Å²) in [6, 6.07) is 4.10. The lowest BCUT2D eigenvalue weighted by molar-refractivity contribution is -0.131. The molecule has 10 nitrogen and oxygen atoms in total. The molecule has 0 aromatic carbocycles. The Balaban J connectivity index is 1.36. The summed E-state index contributed by atoms with van der Waals surface area (Å²) in [5, 5.41) is 9.70. The van der Waals surface area contributed by atoms with Gasteiger partial charge in [0, 0.05) is 50.9 Å². The summed E-state index contributed by atoms with van der Waals surface area (Å²) in [5.74, 6) is 0.955. The zero-order chi connectivity index (χ0) is 23.3. The number of nitriles is 1. The third-order valence-corrected chi connectivity index (χ3v) is 7.71. The second kappa shape index (κ2) is 7.99. The molecule has 4 heterocycles. The van der Waals surface area contributed by atoms with Crippen molar-refractivity contribution in [2.45, 2.75) is 44.7 Å². The van der Waals surface area contributed by atoms with E-state index in [1.54, 1.807) is 15.7 Å². The van der Waals surface area contributed by atoms with Gasteiger partial charge in [0.15, 0.2) is 5.65 Å². The van der Waals surface area contributed by atoms with Crippen molar-refractivity contribution in [2.24, 2.45) is 17.1 Å². The van der Waals surface area contributed by atoms with Crippen LogP contribution in [0.15, 0.2) is 18.6 Å². The van der Waals surface area contributed by atoms with E-state index in [2.05, 4.69) is 21.8 Å². The molecule has 2 aromatic rings. The summed E-state index contributed by atoms with van der Waals surface area (Å²) in [5.41, 5.74) is 6.76. The molecule has 2 amide bonds. The Kier molecular flexibility index (Phi) is 5.24. The van der Waals surface area contributed by atoms with E-state index >= 15 is 0 Å². The van der Waals surface area contributed by atoms with Gasteiger partial charge in [0.2, 0.25) is 5.91 Å². The van der Waals surface area contributed by atoms with Gasteiger partial charge in [0.25, 0.3) is 0 Å². The number of amides is 2. The van der Waals surface area contributed by atoms with Crippen LogP contribution in [0.3, 0.4) is 0 Å². The highest BCUT2D eigenvalue weighted by Crippen LogP contribution is 2.47. The van der Waals surface area contributed by atoms with Gasteiger partial charge in [-0.15, -0.1) is 0 Å². The predicted octanol–water partition coefficient (Wildman–Crippen LogP) is 1.41. The SMILES string of the molecule is C[C@@H]1CCN(C(=O)CC#N)C[C@@H]1N(C)c1ncnc2c1ccn2C(=O)N1CC2(CC(N)C2)C1. The van der Waals surface area contributed by atoms with Crippen LogP contribution in [0.2, 0.25) is 0 Å². The molecule has 33 heavy (non-hydrogen) atoms. The number of likely N-dealkylation sites (tertiary alicyclic amines) is 2. The Morgan fingerprint density at radius 2 is 2.06 bits per heavy atom. The van der Waals surface area contributed by atoms with Gasteiger partial charge in [-0.25, -0.2) is 14.8 Å². The molecule has 0 unspecified atom stereocenters. The van der Waals surface area contributed by atoms with Crippen molar-refractivity contribution < 1.29 is 9.59 Å². The van der Waals surface area contributed by atoms with Crippen molar-refractivity contribution in [1.82, 2.24) is 24.3 Å². The number of hydrogen-bond acceptors (Lipinski definition) is 7. The molecule has 5 rings (SSSR count). The summed E-state index contributed by atoms with van der Waals surface area (Å²) < 4.78 is 1.60. The first-order valence-electron chi connectivity index (χ1n) is 11.6. The maximum atomic E-state index is 13.1. The molecule has 10 heteroatoms. The lowest BCUT2D eigenvalue weighted by Crippen LogP contribution is -2.67. The number of hydrogen-bond donors (Lipinski definition) is 1. The van der Waals surface area contributed by atoms with Crippen LogP contribution in [0.5, 0.6) is 0 Å². The minimum Gasteiger partial charge on any atom is -0.354 e. The van der Waals surface area contributed by atoms with Gasteiger partial charge >= 0.3 is 6.03 Å². The van der Waals surface area contributed by atoms with E-state index < -0.39 is 0 Å². The molecule has 174 valence electrons. The summed E-state index contributed by atoms with van der Waals surface area (Å²) >= 11 is 0. The van der Waals surface area contributed by atoms with Crippen molar-refractivity contribution in [3.63, 3.8) is 0 Å². The third-order valence-electron chi connectivity index (χ3n) is 7.71. The van der Waals surface area contributed by atoms with Crippen molar-refractivity contribution in [3.05, 3.63) is 18.6 Å². The number of carbonyl (C=O) groups is 2. The highest BCUT2D eigenvalue weighted by Gasteiger charge is 2.52. The Morgan fingerprint density at radius 3 is 2.76 bits per heavy atom. The zero-order valence-corrected chi connectivity index (χ0v) is 19.1. The quantitative estimate of drug-likeness (QED) is 0.749. The van der Waals surface area contributed by atoms with Crippen LogP contribution in [0.1, 0.15) is 32.6 Å². The number of fused-ring (bicyclic) bond motifs is 1. The van der Waals surface area contributed by atoms with Crippen molar-refractivity contribution in [1.29, 1.82) is 5.26 Å². The van der Waals surface area contributed by atoms with E-state index in [0.29, 0.717) is 24.7 Å². The molecule has 2 N–H and O–H groups in total. The monoisotopic (exact) mass is 450 g/mol. The van der Waals surface area contributed by atoms with Crippen LogP contribution in [-0.2, 0) is 4.79 Å². The number of anilines is 1. The molecule has 1 aliphatic carbocycles. The van der Waals surface area contributed by atoms with Gasteiger partial charge in [-0.05, 0) is 31.2 Å². The molecule has 2 atom stereocenters. The molecule has 1 spiro atoms. The Labute approximate surface area is 192 Å². The highest BCUT2D eigenvalue weighted by atomic mass is 16.2. The minimum absolute atomic E-state index is 0.0524. The van der Waals surface area contributed by atoms with E-state index in [1.807, 2.05) is 24.1 Å². The molecule has 3 fully saturated rings. The third kappa shape index (κ3) is 3.60. The summed E-state index contributed by atoms with van der Waals surface area (Å²) in [4.78, 5) is 40.1. The summed E-state index contributed by atoms with van der Waals surface area (Å²) in [6.07, 6.45) is 6.01. The summed E-state index contributed by atoms with van der Waals surface area (Å²) in [6.45, 7) is 4.89. The topological polar surface area (TPSA) is 124 Å². The van der Waals surface area contributed by atoms with Gasteiger partial charge in [0.1, 0.15) is 18.6 Å². The maximum Gasteiger partial charge on any atom is 0.329 e. The van der Waals surface area contributed by atoms with Crippen LogP contribution in [0.4, 0.5) is 10.6 Å². The predicted molar refractivity (Wildman–Crippen MR) is 122 cm³/mol. The number of carbonyl (C=O) groups excluding carboxylic acids is 2. The molecule has 0 bridgehead atoms. The fourth-order valence-electron chi connectivity index (χ4n) is 5.85. The fourth-order valence-corrected chi connectivity index (χ4v) is 5.85. The largest absolute Gasteiger partial charge is 0.354 e. The molecular weight excluding hydrogens is 420 g/mol. The Morgan fingerprint density at radius 1 is 1.30 bits per heavy atom. The van der Waals surface area contributed by atoms with E-state index in [4.69, 9.17) is 11.0 Å². The van der Waals surface area contributed by atoms with Gasteiger partial charge < -0.3 is 20.4 Å². The number of nitrogens with two attached hydrogens (primary N) is 1. The van der Waals surface area contributed by atoms with Gasteiger partial charge in [-0.2, -0.15) is 5.26 Å². The number of aromatic nitrogens is 3. The Hall–Kier alpha value is -3.19. The number of likely N-dealkylation sites (N-methyl/N-ethyl adjacent to an activating group) is 1. The van der Waals surface area contributed by atoms with E-state index in [0.717, 1.165) is 43.6 Å². The number of nitrogens with zero attached hydrogens (tertiary/aromatic N) is 7. The standard InChI is InChI=1S/C23H30N8O2/c1-15-4-7-29(19(32)3-6-24)11-18(15)28(2)20-17-5-8-31(21(17)27-14-26-20)22(33)30-12-23(13-30)9-16(25)10-23/h5,8,14-16,18H,3-4,7,9-13,25H2,1-2H3/t15-,18+/m1/s1. The smallest absolute Gasteiger partial charge is 0.329 e. The molecule has 2 saturated heterocycles. The molecule has 1 saturated carbocycles. The van der Waals surface area contributed by atoms with Crippen molar-refractivity contribution in [3.8, 4) is 6.07 Å². The van der Waals surface area contributed by atoms with Crippen molar-refractivity contribution in [2.75, 3.05) is 38.1 Å². The van der Waals surface area contributed by atoms with Gasteiger partial charge in [0.05, 0.1) is 17.5 Å². The maximum absolute atomic E-state index is 13.1. The average molecular weight is 451 g/mol. The lowest BCUT2D eigenvalue weighted by atomic mass is 9.61. The molecular formula is C23H30N8O2. The van der Waals surface area contributed by atoms with Crippen LogP contribution < -0.4 is 10.6 Å². The van der Waals surface area contributed by atoms with Crippen LogP contribution >= 0.6 is 0 Å². The van der Waals surface area contributed by atoms with Crippen molar-refractivity contribution >= 4 is 28.8 Å². The molecule has 3 aliphatic rings. The van der Waals surface area contributed by atoms with Crippen LogP contribution in [0, 0.1) is 22.7 Å². The van der Waals surface area contributed by atoms with Gasteiger partial charge in [-0.3, -0.25) is 9.36 Å². The molecule has 2 aliphatic heterocycles. The Bertz CT molecular complexity index is 1120. The van der Waals surface area contributed by atoms with Crippen LogP contribution in [0.25, 0.3) is 11.0 Å². The summed E-state index contributed by atoms with van der Waals surface area (Å²) in [7, 11) is 1.97. The first-order chi connectivity index (χ1) is 15.8. The first kappa shape index (κ1) is 21.6. The normalized spacial score (nSPS) is 24.3. The first-order valence-corrected chi connectivity index (χ1v) is 11.6. The van der Waals surface area contributed by atoms with E-state index in [-0.39, 0.29) is 35.9 Å². The average Bonchev–Trinajstić information content (AvgIpc) is 3.19. The minimum atomic E-state index is -0.132. The molecule has 0 radical (unpaired) electrons. The number of rotatable bonds is 3. The zero-order valence-electron chi connectivity index (χ0n) is 19.1. The number of piperidine rings is 1. The molecule has 2 aromatic heterocycles. The van der Waals surface area contributed by atoms with Gasteiger partial charge in [-0.1, -0.05) is 6.92 Å². The van der Waals surface area contributed by atoms with E-state index in [9.17, 15) is 9.59 Å².